The molecule has 17 heavy (non-hydrogen) atoms. The normalized spacial score (nSPS) is 16.5. The lowest BCUT2D eigenvalue weighted by atomic mass is 9.93. The van der Waals surface area contributed by atoms with Crippen molar-refractivity contribution in [2.75, 3.05) is 0 Å². The van der Waals surface area contributed by atoms with Crippen LogP contribution in [-0.2, 0) is 4.79 Å². The molecule has 0 heterocycles. The van der Waals surface area contributed by atoms with Gasteiger partial charge in [-0.05, 0) is 24.3 Å². The standard InChI is InChI=1S/C13H15NO3/c1-9(13(15)8-10-2-3-10)11-4-6-12(7-5-11)14(16)17/h4-7,9-10H,2-3,8H2,1H3. The van der Waals surface area contributed by atoms with Crippen molar-refractivity contribution >= 4 is 11.5 Å². The van der Waals surface area contributed by atoms with Crippen LogP contribution in [0, 0.1) is 16.0 Å². The second kappa shape index (κ2) is 4.65. The zero-order chi connectivity index (χ0) is 12.4. The minimum Gasteiger partial charge on any atom is -0.299 e. The largest absolute Gasteiger partial charge is 0.299 e. The molecule has 1 atom stereocenters. The maximum atomic E-state index is 11.9. The molecule has 1 fully saturated rings. The number of Topliss-reactive ketones (excluding diaryl/α,β-unsaturated/α-hetero) is 1. The molecule has 0 radical (unpaired) electrons. The van der Waals surface area contributed by atoms with Crippen LogP contribution < -0.4 is 0 Å². The molecule has 1 saturated carbocycles. The van der Waals surface area contributed by atoms with Crippen LogP contribution >= 0.6 is 0 Å². The number of non-ortho nitro benzene ring substituents is 1. The zero-order valence-corrected chi connectivity index (χ0v) is 9.76. The third-order valence-corrected chi connectivity index (χ3v) is 3.27. The van der Waals surface area contributed by atoms with Gasteiger partial charge in [0.05, 0.1) is 4.92 Å². The van der Waals surface area contributed by atoms with Gasteiger partial charge < -0.3 is 0 Å². The second-order valence-corrected chi connectivity index (χ2v) is 4.68. The van der Waals surface area contributed by atoms with Crippen molar-refractivity contribution in [3.05, 3.63) is 39.9 Å². The number of hydrogen-bond donors (Lipinski definition) is 0. The van der Waals surface area contributed by atoms with Crippen LogP contribution in [0.25, 0.3) is 0 Å². The number of hydrogen-bond acceptors (Lipinski definition) is 3. The highest BCUT2D eigenvalue weighted by Crippen LogP contribution is 2.34. The number of nitro groups is 1. The van der Waals surface area contributed by atoms with E-state index in [0.717, 1.165) is 5.56 Å². The summed E-state index contributed by atoms with van der Waals surface area (Å²) in [5, 5.41) is 10.5. The third-order valence-electron chi connectivity index (χ3n) is 3.27. The summed E-state index contributed by atoms with van der Waals surface area (Å²) in [5.74, 6) is 0.667. The molecule has 1 unspecified atom stereocenters. The minimum absolute atomic E-state index is 0.0654. The van der Waals surface area contributed by atoms with Gasteiger partial charge in [-0.2, -0.15) is 0 Å². The maximum Gasteiger partial charge on any atom is 0.269 e. The maximum absolute atomic E-state index is 11.9. The number of ketones is 1. The van der Waals surface area contributed by atoms with E-state index in [4.69, 9.17) is 0 Å². The molecule has 0 bridgehead atoms. The van der Waals surface area contributed by atoms with Gasteiger partial charge in [-0.1, -0.05) is 19.1 Å². The average molecular weight is 233 g/mol. The highest BCUT2D eigenvalue weighted by molar-refractivity contribution is 5.85. The molecule has 0 spiro atoms. The van der Waals surface area contributed by atoms with Crippen LogP contribution in [0.2, 0.25) is 0 Å². The van der Waals surface area contributed by atoms with Crippen LogP contribution in [0.3, 0.4) is 0 Å². The molecule has 1 aromatic carbocycles. The zero-order valence-electron chi connectivity index (χ0n) is 9.76. The molecule has 90 valence electrons. The minimum atomic E-state index is -0.430. The van der Waals surface area contributed by atoms with Crippen molar-refractivity contribution in [3.8, 4) is 0 Å². The lowest BCUT2D eigenvalue weighted by Crippen LogP contribution is -2.09. The average Bonchev–Trinajstić information content (AvgIpc) is 3.12. The molecule has 0 amide bonds. The second-order valence-electron chi connectivity index (χ2n) is 4.68. The van der Waals surface area contributed by atoms with E-state index in [-0.39, 0.29) is 17.4 Å². The predicted molar refractivity (Wildman–Crippen MR) is 63.9 cm³/mol. The molecule has 1 aromatic rings. The molecule has 0 saturated heterocycles. The predicted octanol–water partition coefficient (Wildman–Crippen LogP) is 3.07. The molecule has 4 heteroatoms. The topological polar surface area (TPSA) is 60.2 Å². The monoisotopic (exact) mass is 233 g/mol. The van der Waals surface area contributed by atoms with Gasteiger partial charge in [0.15, 0.2) is 0 Å². The van der Waals surface area contributed by atoms with Crippen molar-refractivity contribution in [1.29, 1.82) is 0 Å². The lowest BCUT2D eigenvalue weighted by Gasteiger charge is -2.10. The Balaban J connectivity index is 2.04. The van der Waals surface area contributed by atoms with Gasteiger partial charge >= 0.3 is 0 Å². The Kier molecular flexibility index (Phi) is 3.22. The molecule has 4 nitrogen and oxygen atoms in total. The van der Waals surface area contributed by atoms with Gasteiger partial charge in [0.25, 0.3) is 5.69 Å². The lowest BCUT2D eigenvalue weighted by molar-refractivity contribution is -0.384. The summed E-state index contributed by atoms with van der Waals surface area (Å²) in [6, 6.07) is 6.26. The van der Waals surface area contributed by atoms with E-state index in [1.54, 1.807) is 12.1 Å². The molecule has 0 N–H and O–H groups in total. The molecule has 1 aliphatic carbocycles. The van der Waals surface area contributed by atoms with E-state index in [2.05, 4.69) is 0 Å². The number of benzene rings is 1. The van der Waals surface area contributed by atoms with Crippen molar-refractivity contribution in [2.24, 2.45) is 5.92 Å². The van der Waals surface area contributed by atoms with Crippen molar-refractivity contribution in [1.82, 2.24) is 0 Å². The fourth-order valence-electron chi connectivity index (χ4n) is 1.85. The molecule has 0 aliphatic heterocycles. The first kappa shape index (κ1) is 11.8. The van der Waals surface area contributed by atoms with Gasteiger partial charge in [-0.3, -0.25) is 14.9 Å². The summed E-state index contributed by atoms with van der Waals surface area (Å²) in [6.45, 7) is 1.87. The van der Waals surface area contributed by atoms with E-state index in [0.29, 0.717) is 12.3 Å². The smallest absolute Gasteiger partial charge is 0.269 e. The van der Waals surface area contributed by atoms with Crippen LogP contribution in [-0.4, -0.2) is 10.7 Å². The van der Waals surface area contributed by atoms with Gasteiger partial charge in [-0.15, -0.1) is 0 Å². The highest BCUT2D eigenvalue weighted by atomic mass is 16.6. The molecular formula is C13H15NO3. The Morgan fingerprint density at radius 1 is 1.41 bits per heavy atom. The Morgan fingerprint density at radius 2 is 2.00 bits per heavy atom. The molecule has 1 aliphatic rings. The Labute approximate surface area is 99.8 Å². The van der Waals surface area contributed by atoms with E-state index in [1.165, 1.54) is 25.0 Å². The molecule has 0 aromatic heterocycles. The summed E-state index contributed by atoms with van der Waals surface area (Å²) in [4.78, 5) is 22.0. The summed E-state index contributed by atoms with van der Waals surface area (Å²) in [5.41, 5.74) is 0.928. The van der Waals surface area contributed by atoms with E-state index >= 15 is 0 Å². The van der Waals surface area contributed by atoms with E-state index < -0.39 is 4.92 Å². The van der Waals surface area contributed by atoms with Crippen LogP contribution in [0.15, 0.2) is 24.3 Å². The van der Waals surface area contributed by atoms with E-state index in [1.807, 2.05) is 6.92 Å². The van der Waals surface area contributed by atoms with Crippen molar-refractivity contribution in [2.45, 2.75) is 32.1 Å². The van der Waals surface area contributed by atoms with Gasteiger partial charge in [-0.25, -0.2) is 0 Å². The fraction of sp³-hybridized carbons (Fsp3) is 0.462. The number of carbonyl (C=O) groups is 1. The summed E-state index contributed by atoms with van der Waals surface area (Å²) in [6.07, 6.45) is 2.98. The number of rotatable bonds is 5. The van der Waals surface area contributed by atoms with E-state index in [9.17, 15) is 14.9 Å². The summed E-state index contributed by atoms with van der Waals surface area (Å²) >= 11 is 0. The van der Waals surface area contributed by atoms with Crippen molar-refractivity contribution in [3.63, 3.8) is 0 Å². The van der Waals surface area contributed by atoms with Crippen LogP contribution in [0.5, 0.6) is 0 Å². The Bertz CT molecular complexity index is 434. The first-order valence-electron chi connectivity index (χ1n) is 5.85. The summed E-state index contributed by atoms with van der Waals surface area (Å²) < 4.78 is 0. The Morgan fingerprint density at radius 3 is 2.47 bits per heavy atom. The quantitative estimate of drug-likeness (QED) is 0.580. The third kappa shape index (κ3) is 2.90. The Hall–Kier alpha value is -1.71. The first-order valence-corrected chi connectivity index (χ1v) is 5.85. The van der Waals surface area contributed by atoms with Gasteiger partial charge in [0, 0.05) is 24.5 Å². The fourth-order valence-corrected chi connectivity index (χ4v) is 1.85. The number of nitro benzene ring substituents is 1. The SMILES string of the molecule is CC(C(=O)CC1CC1)c1ccc([N+](=O)[O-])cc1. The van der Waals surface area contributed by atoms with Gasteiger partial charge in [0.1, 0.15) is 5.78 Å². The molecule has 2 rings (SSSR count). The first-order chi connectivity index (χ1) is 8.08. The number of carbonyl (C=O) groups excluding carboxylic acids is 1. The highest BCUT2D eigenvalue weighted by Gasteiger charge is 2.27. The number of nitrogens with zero attached hydrogens (tertiary/aromatic N) is 1. The van der Waals surface area contributed by atoms with Crippen molar-refractivity contribution < 1.29 is 9.72 Å². The molecular weight excluding hydrogens is 218 g/mol. The van der Waals surface area contributed by atoms with Crippen LogP contribution in [0.1, 0.15) is 37.7 Å². The van der Waals surface area contributed by atoms with Gasteiger partial charge in [0.2, 0.25) is 0 Å². The summed E-state index contributed by atoms with van der Waals surface area (Å²) in [7, 11) is 0. The van der Waals surface area contributed by atoms with Crippen LogP contribution in [0.4, 0.5) is 5.69 Å².